The maximum absolute atomic E-state index is 12.6. The fraction of sp³-hybridized carbons (Fsp3) is 0.667. The summed E-state index contributed by atoms with van der Waals surface area (Å²) in [4.78, 5) is 12.6. The average Bonchev–Trinajstić information content (AvgIpc) is 2.53. The van der Waals surface area contributed by atoms with Crippen LogP contribution >= 0.6 is 0 Å². The molecule has 0 aliphatic rings. The second-order valence-electron chi connectivity index (χ2n) is 9.04. The minimum atomic E-state index is -2.26. The van der Waals surface area contributed by atoms with E-state index in [0.29, 0.717) is 5.54 Å². The molecule has 23 heavy (non-hydrogen) atoms. The predicted molar refractivity (Wildman–Crippen MR) is 116 cm³/mol. The van der Waals surface area contributed by atoms with Crippen molar-refractivity contribution >= 4 is 29.6 Å². The van der Waals surface area contributed by atoms with Crippen molar-refractivity contribution in [1.29, 1.82) is 0 Å². The van der Waals surface area contributed by atoms with Gasteiger partial charge in [-0.25, -0.2) is 0 Å². The van der Waals surface area contributed by atoms with E-state index in [1.807, 2.05) is 0 Å². The van der Waals surface area contributed by atoms with Crippen LogP contribution in [0, 0.1) is 0 Å². The normalized spacial score (nSPS) is 15.6. The van der Waals surface area contributed by atoms with Gasteiger partial charge in [0.2, 0.25) is 0 Å². The van der Waals surface area contributed by atoms with Gasteiger partial charge in [0.15, 0.2) is 6.87 Å². The van der Waals surface area contributed by atoms with Gasteiger partial charge in [-0.3, -0.25) is 0 Å². The summed E-state index contributed by atoms with van der Waals surface area (Å²) in [6, 6.07) is 13.4. The highest BCUT2D eigenvalue weighted by molar-refractivity contribution is 7.87. The van der Waals surface area contributed by atoms with Gasteiger partial charge in [-0.15, -0.1) is 0 Å². The summed E-state index contributed by atoms with van der Waals surface area (Å²) < 4.78 is 0. The third kappa shape index (κ3) is 3.40. The Kier molecular flexibility index (Phi) is 6.53. The fourth-order valence-corrected chi connectivity index (χ4v) is 92.2. The van der Waals surface area contributed by atoms with Crippen molar-refractivity contribution in [3.05, 3.63) is 35.9 Å². The lowest BCUT2D eigenvalue weighted by Crippen LogP contribution is -2.86. The molecule has 1 nitrogen and oxygen atoms in total. The zero-order chi connectivity index (χ0) is 18.1. The summed E-state index contributed by atoms with van der Waals surface area (Å²) in [5, 5.41) is 0. The number of hydrogen-bond donors (Lipinski definition) is 1. The molecule has 1 aromatic rings. The van der Waals surface area contributed by atoms with Crippen LogP contribution < -0.4 is 0 Å². The van der Waals surface area contributed by atoms with Gasteiger partial charge in [0.05, 0.1) is 22.8 Å². The zero-order valence-electron chi connectivity index (χ0n) is 16.8. The molecule has 0 spiro atoms. The predicted octanol–water partition coefficient (Wildman–Crippen LogP) is 5.67. The van der Waals surface area contributed by atoms with Crippen LogP contribution in [0.3, 0.4) is 0 Å². The molecule has 0 aliphatic carbocycles. The van der Waals surface area contributed by atoms with E-state index in [1.165, 1.54) is 17.7 Å². The Morgan fingerprint density at radius 1 is 0.826 bits per heavy atom. The Morgan fingerprint density at radius 2 is 1.22 bits per heavy atom. The first-order valence-electron chi connectivity index (χ1n) is 9.16. The molecule has 0 bridgehead atoms. The van der Waals surface area contributed by atoms with Gasteiger partial charge in [-0.1, -0.05) is 102 Å². The largest absolute Gasteiger partial charge is 0.440 e. The molecule has 0 saturated carbocycles. The molecule has 1 unspecified atom stereocenters. The smallest absolute Gasteiger partial charge is 0.154 e. The molecule has 0 saturated heterocycles. The summed E-state index contributed by atoms with van der Waals surface area (Å²) in [6.45, 7) is 19.8. The van der Waals surface area contributed by atoms with Crippen molar-refractivity contribution in [2.75, 3.05) is 0 Å². The molecule has 0 fully saturated rings. The van der Waals surface area contributed by atoms with Crippen LogP contribution in [-0.2, 0) is 0 Å². The highest BCUT2D eigenvalue weighted by Gasteiger charge is 2.66. The highest BCUT2D eigenvalue weighted by Crippen LogP contribution is 2.43. The standard InChI is InChI=1S/C18H38OSi4/c1-10-20(4,5)23(19,21(6,7)11-2)22(8,9)17(3)18-15-13-12-14-16-18/h12-17,19H,10-11H2,1-9H3. The third-order valence-corrected chi connectivity index (χ3v) is 75.6. The fourth-order valence-electron chi connectivity index (χ4n) is 4.64. The first-order valence-corrected chi connectivity index (χ1v) is 23.6. The molecule has 1 rings (SSSR count). The minimum absolute atomic E-state index is 0.539. The van der Waals surface area contributed by atoms with Gasteiger partial charge in [-0.05, 0) is 11.1 Å². The van der Waals surface area contributed by atoms with E-state index in [9.17, 15) is 4.80 Å². The van der Waals surface area contributed by atoms with Crippen LogP contribution in [-0.4, -0.2) is 34.4 Å². The Balaban J connectivity index is 3.53. The summed E-state index contributed by atoms with van der Waals surface area (Å²) in [7, 11) is -5.00. The monoisotopic (exact) mass is 382 g/mol. The van der Waals surface area contributed by atoms with Crippen LogP contribution in [0.15, 0.2) is 30.3 Å². The molecule has 0 aliphatic heterocycles. The Labute approximate surface area is 148 Å². The molecule has 0 aromatic heterocycles. The van der Waals surface area contributed by atoms with E-state index in [2.05, 4.69) is 90.4 Å². The van der Waals surface area contributed by atoms with Crippen molar-refractivity contribution in [3.63, 3.8) is 0 Å². The molecule has 1 N–H and O–H groups in total. The molecule has 0 radical (unpaired) electrons. The first-order chi connectivity index (χ1) is 10.4. The van der Waals surface area contributed by atoms with Gasteiger partial charge in [-0.2, -0.15) is 0 Å². The van der Waals surface area contributed by atoms with Gasteiger partial charge in [0.25, 0.3) is 0 Å². The second-order valence-corrected chi connectivity index (χ2v) is 46.7. The van der Waals surface area contributed by atoms with Crippen molar-refractivity contribution in [3.8, 4) is 0 Å². The lowest BCUT2D eigenvalue weighted by atomic mass is 10.2. The second kappa shape index (κ2) is 7.12. The molecule has 1 aromatic carbocycles. The molecule has 1 atom stereocenters. The third-order valence-electron chi connectivity index (χ3n) is 7.04. The molecule has 0 amide bonds. The van der Waals surface area contributed by atoms with E-state index in [1.54, 1.807) is 0 Å². The molecular formula is C18H38OSi4. The average molecular weight is 383 g/mol. The van der Waals surface area contributed by atoms with Gasteiger partial charge in [0, 0.05) is 0 Å². The first kappa shape index (κ1) is 21.1. The minimum Gasteiger partial charge on any atom is -0.440 e. The van der Waals surface area contributed by atoms with Gasteiger partial charge >= 0.3 is 0 Å². The lowest BCUT2D eigenvalue weighted by molar-refractivity contribution is 0.591. The maximum atomic E-state index is 12.6. The quantitative estimate of drug-likeness (QED) is 0.602. The van der Waals surface area contributed by atoms with E-state index in [0.717, 1.165) is 0 Å². The summed E-state index contributed by atoms with van der Waals surface area (Å²) >= 11 is 0. The number of rotatable bonds is 7. The van der Waals surface area contributed by atoms with Crippen LogP contribution in [0.4, 0.5) is 0 Å². The summed E-state index contributed by atoms with van der Waals surface area (Å²) in [5.74, 6) is 0. The lowest BCUT2D eigenvalue weighted by Gasteiger charge is -2.57. The van der Waals surface area contributed by atoms with E-state index in [4.69, 9.17) is 0 Å². The zero-order valence-corrected chi connectivity index (χ0v) is 20.8. The SMILES string of the molecule is CC[Si](C)(C)[Si](O)([Si](C)(C)CC)[Si](C)(C)C(C)c1ccccc1. The van der Waals surface area contributed by atoms with Crippen molar-refractivity contribution in [2.45, 2.75) is 77.7 Å². The van der Waals surface area contributed by atoms with Crippen molar-refractivity contribution in [2.24, 2.45) is 0 Å². The Morgan fingerprint density at radius 3 is 1.57 bits per heavy atom. The number of benzene rings is 1. The van der Waals surface area contributed by atoms with Crippen LogP contribution in [0.1, 0.15) is 31.9 Å². The Bertz CT molecular complexity index is 495. The van der Waals surface area contributed by atoms with Gasteiger partial charge < -0.3 is 4.80 Å². The van der Waals surface area contributed by atoms with Crippen LogP contribution in [0.2, 0.25) is 51.4 Å². The molecular weight excluding hydrogens is 345 g/mol. The highest BCUT2D eigenvalue weighted by atomic mass is 29.9. The van der Waals surface area contributed by atoms with Crippen molar-refractivity contribution in [1.82, 2.24) is 0 Å². The number of hydrogen-bond acceptors (Lipinski definition) is 1. The van der Waals surface area contributed by atoms with Crippen LogP contribution in [0.25, 0.3) is 0 Å². The molecule has 0 heterocycles. The van der Waals surface area contributed by atoms with E-state index in [-0.39, 0.29) is 0 Å². The summed E-state index contributed by atoms with van der Waals surface area (Å²) in [6.07, 6.45) is 0. The van der Waals surface area contributed by atoms with E-state index < -0.39 is 29.6 Å². The molecule has 132 valence electrons. The van der Waals surface area contributed by atoms with Gasteiger partial charge in [0.1, 0.15) is 0 Å². The maximum Gasteiger partial charge on any atom is 0.154 e. The van der Waals surface area contributed by atoms with Crippen molar-refractivity contribution < 1.29 is 4.80 Å². The topological polar surface area (TPSA) is 20.2 Å². The Hall–Kier alpha value is 0.0475. The van der Waals surface area contributed by atoms with Crippen LogP contribution in [0.5, 0.6) is 0 Å². The summed E-state index contributed by atoms with van der Waals surface area (Å²) in [5.41, 5.74) is 1.98. The molecule has 5 heteroatoms. The van der Waals surface area contributed by atoms with E-state index >= 15 is 0 Å².